The maximum Gasteiger partial charge on any atom is 0.240 e. The molecule has 0 unspecified atom stereocenters. The molecule has 5 heteroatoms. The monoisotopic (exact) mass is 320 g/mol. The topological polar surface area (TPSA) is 66.5 Å². The minimum atomic E-state index is -0.170. The summed E-state index contributed by atoms with van der Waals surface area (Å²) in [4.78, 5) is 38.3. The van der Waals surface area contributed by atoms with Gasteiger partial charge in [0.2, 0.25) is 17.7 Å². The number of rotatable bonds is 3. The van der Waals surface area contributed by atoms with E-state index in [0.717, 1.165) is 51.4 Å². The molecule has 2 atom stereocenters. The van der Waals surface area contributed by atoms with E-state index < -0.39 is 0 Å². The molecule has 1 N–H and O–H groups in total. The highest BCUT2D eigenvalue weighted by atomic mass is 16.2. The van der Waals surface area contributed by atoms with Crippen LogP contribution < -0.4 is 5.32 Å². The molecule has 128 valence electrons. The first-order valence-corrected chi connectivity index (χ1v) is 9.31. The van der Waals surface area contributed by atoms with Gasteiger partial charge >= 0.3 is 0 Å². The number of carbonyl (C=O) groups is 3. The van der Waals surface area contributed by atoms with Crippen molar-refractivity contribution in [3.8, 4) is 0 Å². The van der Waals surface area contributed by atoms with E-state index in [0.29, 0.717) is 0 Å². The number of amides is 3. The Morgan fingerprint density at radius 2 is 1.30 bits per heavy atom. The number of hydrogen-bond acceptors (Lipinski definition) is 3. The van der Waals surface area contributed by atoms with Crippen molar-refractivity contribution in [2.75, 3.05) is 6.54 Å². The molecule has 3 aliphatic rings. The smallest absolute Gasteiger partial charge is 0.240 e. The van der Waals surface area contributed by atoms with E-state index in [2.05, 4.69) is 5.32 Å². The molecule has 1 heterocycles. The minimum absolute atomic E-state index is 0.0822. The predicted octanol–water partition coefficient (Wildman–Crippen LogP) is 2.39. The maximum absolute atomic E-state index is 12.4. The molecule has 0 aromatic rings. The van der Waals surface area contributed by atoms with E-state index in [1.165, 1.54) is 24.2 Å². The van der Waals surface area contributed by atoms with Crippen LogP contribution in [0.2, 0.25) is 0 Å². The van der Waals surface area contributed by atoms with Gasteiger partial charge in [-0.15, -0.1) is 0 Å². The van der Waals surface area contributed by atoms with Crippen LogP contribution in [0.4, 0.5) is 0 Å². The summed E-state index contributed by atoms with van der Waals surface area (Å²) in [5.41, 5.74) is 0. The number of carbonyl (C=O) groups excluding carboxylic acids is 3. The van der Waals surface area contributed by atoms with Crippen molar-refractivity contribution in [3.05, 3.63) is 0 Å². The molecule has 2 saturated carbocycles. The zero-order valence-corrected chi connectivity index (χ0v) is 13.9. The summed E-state index contributed by atoms with van der Waals surface area (Å²) in [6.45, 7) is -0.0822. The Kier molecular flexibility index (Phi) is 5.34. The minimum Gasteiger partial charge on any atom is -0.352 e. The number of likely N-dealkylation sites (tertiary alicyclic amines) is 1. The fourth-order valence-electron chi connectivity index (χ4n) is 4.40. The van der Waals surface area contributed by atoms with Crippen LogP contribution in [0.1, 0.15) is 70.6 Å². The van der Waals surface area contributed by atoms with Gasteiger partial charge in [-0.3, -0.25) is 19.3 Å². The van der Waals surface area contributed by atoms with Crippen LogP contribution >= 0.6 is 0 Å². The van der Waals surface area contributed by atoms with Crippen LogP contribution in [0.5, 0.6) is 0 Å². The molecule has 23 heavy (non-hydrogen) atoms. The Morgan fingerprint density at radius 1 is 0.826 bits per heavy atom. The van der Waals surface area contributed by atoms with E-state index in [4.69, 9.17) is 0 Å². The van der Waals surface area contributed by atoms with Crippen LogP contribution in [0.3, 0.4) is 0 Å². The molecule has 0 radical (unpaired) electrons. The highest BCUT2D eigenvalue weighted by Crippen LogP contribution is 2.37. The number of imide groups is 1. The molecule has 3 amide bonds. The second-order valence-corrected chi connectivity index (χ2v) is 7.37. The van der Waals surface area contributed by atoms with Crippen LogP contribution in [-0.2, 0) is 14.4 Å². The average Bonchev–Trinajstić information content (AvgIpc) is 2.75. The standard InChI is InChI=1S/C18H28N2O3/c21-16(19-13-8-4-2-1-3-5-9-13)12-20-17(22)14-10-6-7-11-15(14)18(20)23/h13-15H,1-12H2,(H,19,21)/t14-,15-/m1/s1. The van der Waals surface area contributed by atoms with Gasteiger partial charge in [-0.05, 0) is 25.7 Å². The molecule has 3 rings (SSSR count). The summed E-state index contributed by atoms with van der Waals surface area (Å²) >= 11 is 0. The highest BCUT2D eigenvalue weighted by Gasteiger charge is 2.48. The quantitative estimate of drug-likeness (QED) is 0.812. The first-order chi connectivity index (χ1) is 11.2. The zero-order chi connectivity index (χ0) is 16.2. The van der Waals surface area contributed by atoms with Crippen LogP contribution in [0, 0.1) is 11.8 Å². The van der Waals surface area contributed by atoms with Crippen molar-refractivity contribution in [1.82, 2.24) is 10.2 Å². The summed E-state index contributed by atoms with van der Waals surface area (Å²) < 4.78 is 0. The lowest BCUT2D eigenvalue weighted by atomic mass is 9.81. The Bertz CT molecular complexity index is 445. The summed E-state index contributed by atoms with van der Waals surface area (Å²) in [5, 5.41) is 3.05. The molecule has 0 bridgehead atoms. The molecule has 0 aromatic heterocycles. The van der Waals surface area contributed by atoms with Crippen molar-refractivity contribution in [2.24, 2.45) is 11.8 Å². The predicted molar refractivity (Wildman–Crippen MR) is 86.4 cm³/mol. The van der Waals surface area contributed by atoms with Crippen molar-refractivity contribution in [1.29, 1.82) is 0 Å². The molecular formula is C18H28N2O3. The van der Waals surface area contributed by atoms with Gasteiger partial charge in [-0.1, -0.05) is 44.9 Å². The SMILES string of the molecule is O=C(CN1C(=O)[C@@H]2CCCC[C@H]2C1=O)NC1CCCCCCC1. The largest absolute Gasteiger partial charge is 0.352 e. The second-order valence-electron chi connectivity index (χ2n) is 7.37. The third kappa shape index (κ3) is 3.75. The Hall–Kier alpha value is -1.39. The Balaban J connectivity index is 1.54. The lowest BCUT2D eigenvalue weighted by Gasteiger charge is -2.22. The third-order valence-corrected chi connectivity index (χ3v) is 5.70. The van der Waals surface area contributed by atoms with Crippen molar-refractivity contribution in [3.63, 3.8) is 0 Å². The summed E-state index contributed by atoms with van der Waals surface area (Å²) in [7, 11) is 0. The van der Waals surface area contributed by atoms with Crippen molar-refractivity contribution < 1.29 is 14.4 Å². The van der Waals surface area contributed by atoms with Gasteiger partial charge < -0.3 is 5.32 Å². The van der Waals surface area contributed by atoms with Gasteiger partial charge in [0.1, 0.15) is 6.54 Å². The second kappa shape index (κ2) is 7.45. The molecule has 0 spiro atoms. The maximum atomic E-state index is 12.4. The summed E-state index contributed by atoms with van der Waals surface area (Å²) in [6, 6.07) is 0.206. The molecular weight excluding hydrogens is 292 g/mol. The van der Waals surface area contributed by atoms with Crippen LogP contribution in [-0.4, -0.2) is 35.2 Å². The average molecular weight is 320 g/mol. The van der Waals surface area contributed by atoms with Gasteiger partial charge in [0.05, 0.1) is 11.8 Å². The number of nitrogens with one attached hydrogen (secondary N) is 1. The highest BCUT2D eigenvalue weighted by molar-refractivity contribution is 6.07. The molecule has 2 aliphatic carbocycles. The van der Waals surface area contributed by atoms with Gasteiger partial charge in [-0.2, -0.15) is 0 Å². The third-order valence-electron chi connectivity index (χ3n) is 5.70. The fourth-order valence-corrected chi connectivity index (χ4v) is 4.40. The van der Waals surface area contributed by atoms with Gasteiger partial charge in [0, 0.05) is 6.04 Å². The summed E-state index contributed by atoms with van der Waals surface area (Å²) in [5.74, 6) is -0.730. The molecule has 1 saturated heterocycles. The molecule has 0 aromatic carbocycles. The Labute approximate surface area is 138 Å². The van der Waals surface area contributed by atoms with Crippen LogP contribution in [0.15, 0.2) is 0 Å². The van der Waals surface area contributed by atoms with E-state index in [1.54, 1.807) is 0 Å². The zero-order valence-electron chi connectivity index (χ0n) is 13.9. The van der Waals surface area contributed by atoms with E-state index in [-0.39, 0.29) is 42.1 Å². The number of fused-ring (bicyclic) bond motifs is 1. The molecule has 1 aliphatic heterocycles. The van der Waals surface area contributed by atoms with Crippen molar-refractivity contribution >= 4 is 17.7 Å². The number of hydrogen-bond donors (Lipinski definition) is 1. The lowest BCUT2D eigenvalue weighted by molar-refractivity contribution is -0.143. The van der Waals surface area contributed by atoms with Gasteiger partial charge in [-0.25, -0.2) is 0 Å². The van der Waals surface area contributed by atoms with Gasteiger partial charge in [0.25, 0.3) is 0 Å². The first kappa shape index (κ1) is 16.5. The first-order valence-electron chi connectivity index (χ1n) is 9.31. The van der Waals surface area contributed by atoms with Crippen LogP contribution in [0.25, 0.3) is 0 Å². The van der Waals surface area contributed by atoms with E-state index in [9.17, 15) is 14.4 Å². The van der Waals surface area contributed by atoms with E-state index in [1.807, 2.05) is 0 Å². The fraction of sp³-hybridized carbons (Fsp3) is 0.833. The molecule has 5 nitrogen and oxygen atoms in total. The Morgan fingerprint density at radius 3 is 1.87 bits per heavy atom. The summed E-state index contributed by atoms with van der Waals surface area (Å²) in [6.07, 6.45) is 11.7. The van der Waals surface area contributed by atoms with E-state index >= 15 is 0 Å². The van der Waals surface area contributed by atoms with Crippen molar-refractivity contribution in [2.45, 2.75) is 76.7 Å². The number of nitrogens with zero attached hydrogens (tertiary/aromatic N) is 1. The normalized spacial score (nSPS) is 29.8. The lowest BCUT2D eigenvalue weighted by Crippen LogP contribution is -2.44. The van der Waals surface area contributed by atoms with Gasteiger partial charge in [0.15, 0.2) is 0 Å². The molecule has 3 fully saturated rings.